The van der Waals surface area contributed by atoms with E-state index >= 15 is 0 Å². The van der Waals surface area contributed by atoms with E-state index in [9.17, 15) is 4.79 Å². The number of hydrogen-bond donors (Lipinski definition) is 2. The Morgan fingerprint density at radius 3 is 2.58 bits per heavy atom. The Kier molecular flexibility index (Phi) is 5.43. The van der Waals surface area contributed by atoms with Crippen LogP contribution in [0.25, 0.3) is 11.4 Å². The van der Waals surface area contributed by atoms with Gasteiger partial charge in [0.1, 0.15) is 17.1 Å². The van der Waals surface area contributed by atoms with E-state index in [0.29, 0.717) is 18.8 Å². The van der Waals surface area contributed by atoms with Crippen LogP contribution < -0.4 is 15.4 Å². The molecule has 2 aromatic heterocycles. The number of aryl methyl sites for hydroxylation is 1. The third-order valence-electron chi connectivity index (χ3n) is 3.84. The molecule has 0 spiro atoms. The van der Waals surface area contributed by atoms with Crippen LogP contribution in [0.3, 0.4) is 0 Å². The van der Waals surface area contributed by atoms with E-state index in [1.807, 2.05) is 37.4 Å². The van der Waals surface area contributed by atoms with Crippen LogP contribution in [0.1, 0.15) is 11.3 Å². The maximum atomic E-state index is 12.0. The Hall–Kier alpha value is -3.42. The van der Waals surface area contributed by atoms with Gasteiger partial charge in [0.2, 0.25) is 0 Å². The number of nitrogens with one attached hydrogen (secondary N) is 2. The van der Waals surface area contributed by atoms with Crippen LogP contribution in [0, 0.1) is 0 Å². The highest BCUT2D eigenvalue weighted by molar-refractivity contribution is 5.73. The van der Waals surface area contributed by atoms with Gasteiger partial charge in [0.05, 0.1) is 25.5 Å². The molecule has 0 saturated heterocycles. The monoisotopic (exact) mass is 352 g/mol. The summed E-state index contributed by atoms with van der Waals surface area (Å²) in [6, 6.07) is 9.18. The van der Waals surface area contributed by atoms with E-state index in [2.05, 4.69) is 25.7 Å². The molecule has 134 valence electrons. The van der Waals surface area contributed by atoms with Crippen molar-refractivity contribution >= 4 is 6.03 Å². The third kappa shape index (κ3) is 4.35. The van der Waals surface area contributed by atoms with Gasteiger partial charge in [-0.3, -0.25) is 14.6 Å². The molecule has 0 unspecified atom stereocenters. The molecule has 26 heavy (non-hydrogen) atoms. The zero-order valence-electron chi connectivity index (χ0n) is 14.6. The second kappa shape index (κ2) is 8.11. The predicted octanol–water partition coefficient (Wildman–Crippen LogP) is 1.89. The number of ether oxygens (including phenoxy) is 1. The fourth-order valence-electron chi connectivity index (χ4n) is 2.39. The lowest BCUT2D eigenvalue weighted by Gasteiger charge is -2.08. The van der Waals surface area contributed by atoms with Gasteiger partial charge < -0.3 is 15.4 Å². The van der Waals surface area contributed by atoms with Crippen LogP contribution in [0.15, 0.2) is 48.9 Å². The standard InChI is InChI=1S/C18H20N6O2/c1-24-14(9-16(23-24)17-12-19-7-8-20-17)11-22-18(25)21-10-13-3-5-15(26-2)6-4-13/h3-9,12H,10-11H2,1-2H3,(H2,21,22,25). The lowest BCUT2D eigenvalue weighted by molar-refractivity contribution is 0.240. The van der Waals surface area contributed by atoms with Crippen molar-refractivity contribution < 1.29 is 9.53 Å². The summed E-state index contributed by atoms with van der Waals surface area (Å²) in [4.78, 5) is 20.3. The number of carbonyl (C=O) groups excluding carboxylic acids is 1. The molecule has 0 atom stereocenters. The molecular weight excluding hydrogens is 332 g/mol. The van der Waals surface area contributed by atoms with E-state index in [1.54, 1.807) is 30.4 Å². The van der Waals surface area contributed by atoms with Crippen molar-refractivity contribution in [2.24, 2.45) is 7.05 Å². The summed E-state index contributed by atoms with van der Waals surface area (Å²) >= 11 is 0. The van der Waals surface area contributed by atoms with Gasteiger partial charge in [0.15, 0.2) is 0 Å². The summed E-state index contributed by atoms with van der Waals surface area (Å²) < 4.78 is 6.83. The van der Waals surface area contributed by atoms with Gasteiger partial charge in [-0.15, -0.1) is 0 Å². The lowest BCUT2D eigenvalue weighted by Crippen LogP contribution is -2.35. The minimum Gasteiger partial charge on any atom is -0.497 e. The minimum absolute atomic E-state index is 0.247. The molecule has 8 nitrogen and oxygen atoms in total. The normalized spacial score (nSPS) is 10.4. The molecule has 3 rings (SSSR count). The van der Waals surface area contributed by atoms with Crippen LogP contribution in [0.2, 0.25) is 0 Å². The number of amides is 2. The first kappa shape index (κ1) is 17.4. The molecule has 1 aromatic carbocycles. The molecule has 8 heteroatoms. The first-order valence-corrected chi connectivity index (χ1v) is 8.09. The molecule has 0 aliphatic carbocycles. The van der Waals surface area contributed by atoms with Crippen molar-refractivity contribution in [1.82, 2.24) is 30.4 Å². The Labute approximate surface area is 151 Å². The second-order valence-corrected chi connectivity index (χ2v) is 5.62. The molecule has 2 N–H and O–H groups in total. The first-order valence-electron chi connectivity index (χ1n) is 8.09. The Bertz CT molecular complexity index is 861. The van der Waals surface area contributed by atoms with Crippen molar-refractivity contribution in [3.63, 3.8) is 0 Å². The van der Waals surface area contributed by atoms with Crippen LogP contribution in [-0.4, -0.2) is 32.9 Å². The third-order valence-corrected chi connectivity index (χ3v) is 3.84. The number of methoxy groups -OCH3 is 1. The van der Waals surface area contributed by atoms with Gasteiger partial charge in [-0.25, -0.2) is 4.79 Å². The van der Waals surface area contributed by atoms with Gasteiger partial charge in [0.25, 0.3) is 0 Å². The van der Waals surface area contributed by atoms with E-state index in [-0.39, 0.29) is 6.03 Å². The zero-order chi connectivity index (χ0) is 18.4. The minimum atomic E-state index is -0.247. The number of rotatable bonds is 6. The number of carbonyl (C=O) groups is 1. The van der Waals surface area contributed by atoms with Crippen LogP contribution in [-0.2, 0) is 20.1 Å². The van der Waals surface area contributed by atoms with Gasteiger partial charge in [-0.2, -0.15) is 5.10 Å². The van der Waals surface area contributed by atoms with Crippen LogP contribution in [0.4, 0.5) is 4.79 Å². The van der Waals surface area contributed by atoms with Crippen LogP contribution in [0.5, 0.6) is 5.75 Å². The van der Waals surface area contributed by atoms with Crippen molar-refractivity contribution in [2.75, 3.05) is 7.11 Å². The maximum Gasteiger partial charge on any atom is 0.315 e. The highest BCUT2D eigenvalue weighted by Gasteiger charge is 2.09. The summed E-state index contributed by atoms with van der Waals surface area (Å²) in [6.45, 7) is 0.796. The number of benzene rings is 1. The summed E-state index contributed by atoms with van der Waals surface area (Å²) in [7, 11) is 3.45. The molecule has 0 radical (unpaired) electrons. The Morgan fingerprint density at radius 1 is 1.12 bits per heavy atom. The van der Waals surface area contributed by atoms with Gasteiger partial charge >= 0.3 is 6.03 Å². The smallest absolute Gasteiger partial charge is 0.315 e. The van der Waals surface area contributed by atoms with Gasteiger partial charge in [-0.1, -0.05) is 12.1 Å². The summed E-state index contributed by atoms with van der Waals surface area (Å²) in [5.74, 6) is 0.785. The fourth-order valence-corrected chi connectivity index (χ4v) is 2.39. The molecule has 0 aliphatic heterocycles. The predicted molar refractivity (Wildman–Crippen MR) is 96.3 cm³/mol. The number of nitrogens with zero attached hydrogens (tertiary/aromatic N) is 4. The first-order chi connectivity index (χ1) is 12.7. The highest BCUT2D eigenvalue weighted by atomic mass is 16.5. The number of urea groups is 1. The van der Waals surface area contributed by atoms with E-state index in [1.165, 1.54) is 0 Å². The molecule has 2 heterocycles. The van der Waals surface area contributed by atoms with Crippen molar-refractivity contribution in [2.45, 2.75) is 13.1 Å². The van der Waals surface area contributed by atoms with Crippen LogP contribution >= 0.6 is 0 Å². The van der Waals surface area contributed by atoms with Crippen molar-refractivity contribution in [3.05, 3.63) is 60.2 Å². The molecule has 0 aliphatic rings. The number of aromatic nitrogens is 4. The topological polar surface area (TPSA) is 94.0 Å². The number of hydrogen-bond acceptors (Lipinski definition) is 5. The summed E-state index contributed by atoms with van der Waals surface area (Å²) in [6.07, 6.45) is 4.89. The Balaban J connectivity index is 1.52. The SMILES string of the molecule is COc1ccc(CNC(=O)NCc2cc(-c3cnccn3)nn2C)cc1. The van der Waals surface area contributed by atoms with E-state index < -0.39 is 0 Å². The second-order valence-electron chi connectivity index (χ2n) is 5.62. The zero-order valence-corrected chi connectivity index (χ0v) is 14.6. The summed E-state index contributed by atoms with van der Waals surface area (Å²) in [5.41, 5.74) is 3.27. The molecule has 0 bridgehead atoms. The summed E-state index contributed by atoms with van der Waals surface area (Å²) in [5, 5.41) is 10.0. The maximum absolute atomic E-state index is 12.0. The Morgan fingerprint density at radius 2 is 1.88 bits per heavy atom. The molecule has 3 aromatic rings. The molecular formula is C18H20N6O2. The van der Waals surface area contributed by atoms with Crippen molar-refractivity contribution in [1.29, 1.82) is 0 Å². The largest absolute Gasteiger partial charge is 0.497 e. The highest BCUT2D eigenvalue weighted by Crippen LogP contribution is 2.15. The van der Waals surface area contributed by atoms with Gasteiger partial charge in [0, 0.05) is 26.0 Å². The molecule has 2 amide bonds. The fraction of sp³-hybridized carbons (Fsp3) is 0.222. The van der Waals surface area contributed by atoms with Gasteiger partial charge in [-0.05, 0) is 23.8 Å². The average molecular weight is 352 g/mol. The lowest BCUT2D eigenvalue weighted by atomic mass is 10.2. The van der Waals surface area contributed by atoms with Crippen molar-refractivity contribution in [3.8, 4) is 17.1 Å². The van der Waals surface area contributed by atoms with E-state index in [4.69, 9.17) is 4.74 Å². The average Bonchev–Trinajstić information content (AvgIpc) is 3.06. The molecule has 0 fully saturated rings. The molecule has 0 saturated carbocycles. The quantitative estimate of drug-likeness (QED) is 0.706. The van der Waals surface area contributed by atoms with E-state index in [0.717, 1.165) is 22.7 Å².